The van der Waals surface area contributed by atoms with Gasteiger partial charge in [0.1, 0.15) is 17.5 Å². The second-order valence-corrected chi connectivity index (χ2v) is 5.73. The lowest BCUT2D eigenvalue weighted by Crippen LogP contribution is -2.28. The van der Waals surface area contributed by atoms with E-state index in [4.69, 9.17) is 4.99 Å². The monoisotopic (exact) mass is 268 g/mol. The van der Waals surface area contributed by atoms with Crippen LogP contribution in [0.4, 0.5) is 0 Å². The molecule has 1 aromatic carbocycles. The molecule has 20 heavy (non-hydrogen) atoms. The van der Waals surface area contributed by atoms with Gasteiger partial charge < -0.3 is 0 Å². The predicted molar refractivity (Wildman–Crippen MR) is 80.3 cm³/mol. The van der Waals surface area contributed by atoms with Gasteiger partial charge in [0.25, 0.3) is 0 Å². The topological polar surface area (TPSA) is 43.1 Å². The highest BCUT2D eigenvalue weighted by atomic mass is 15.3. The average Bonchev–Trinajstić information content (AvgIpc) is 2.83. The lowest BCUT2D eigenvalue weighted by atomic mass is 10.1. The first-order valence-corrected chi connectivity index (χ1v) is 7.20. The fraction of sp³-hybridized carbons (Fsp3) is 0.438. The van der Waals surface area contributed by atoms with Gasteiger partial charge in [0.2, 0.25) is 0 Å². The Hall–Kier alpha value is -1.97. The van der Waals surface area contributed by atoms with Crippen LogP contribution in [-0.2, 0) is 12.8 Å². The summed E-state index contributed by atoms with van der Waals surface area (Å²) in [7, 11) is 0. The molecule has 0 bridgehead atoms. The summed E-state index contributed by atoms with van der Waals surface area (Å²) in [5, 5.41) is 8.71. The summed E-state index contributed by atoms with van der Waals surface area (Å²) in [6, 6.07) is 10.7. The van der Waals surface area contributed by atoms with Gasteiger partial charge in [0.05, 0.1) is 6.04 Å². The van der Waals surface area contributed by atoms with Gasteiger partial charge in [-0.05, 0) is 12.5 Å². The summed E-state index contributed by atoms with van der Waals surface area (Å²) in [6.45, 7) is 6.43. The molecule has 2 aromatic rings. The Balaban J connectivity index is 2.00. The van der Waals surface area contributed by atoms with Crippen LogP contribution in [0.1, 0.15) is 43.9 Å². The Morgan fingerprint density at radius 2 is 1.95 bits per heavy atom. The van der Waals surface area contributed by atoms with E-state index in [1.807, 2.05) is 6.07 Å². The van der Waals surface area contributed by atoms with E-state index in [1.165, 1.54) is 5.56 Å². The largest absolute Gasteiger partial charge is 0.270 e. The number of rotatable bonds is 3. The highest BCUT2D eigenvalue weighted by Crippen LogP contribution is 2.20. The predicted octanol–water partition coefficient (Wildman–Crippen LogP) is 2.84. The summed E-state index contributed by atoms with van der Waals surface area (Å²) in [6.07, 6.45) is 1.70. The van der Waals surface area contributed by atoms with E-state index >= 15 is 0 Å². The molecule has 0 amide bonds. The third-order valence-electron chi connectivity index (χ3n) is 3.58. The van der Waals surface area contributed by atoms with Crippen LogP contribution in [0, 0.1) is 0 Å². The van der Waals surface area contributed by atoms with Crippen LogP contribution in [0.2, 0.25) is 0 Å². The Morgan fingerprint density at radius 1 is 1.20 bits per heavy atom. The molecule has 104 valence electrons. The van der Waals surface area contributed by atoms with Gasteiger partial charge in [0, 0.05) is 18.8 Å². The van der Waals surface area contributed by atoms with Crippen molar-refractivity contribution in [2.45, 2.75) is 45.6 Å². The van der Waals surface area contributed by atoms with E-state index in [9.17, 15) is 0 Å². The molecule has 0 spiro atoms. The van der Waals surface area contributed by atoms with Crippen molar-refractivity contribution in [2.24, 2.45) is 4.99 Å². The molecule has 0 N–H and O–H groups in total. The van der Waals surface area contributed by atoms with Crippen LogP contribution in [0.3, 0.4) is 0 Å². The van der Waals surface area contributed by atoms with Crippen molar-refractivity contribution in [3.05, 3.63) is 47.5 Å². The second kappa shape index (κ2) is 5.19. The molecular formula is C16H20N4. The lowest BCUT2D eigenvalue weighted by Gasteiger charge is -2.21. The second-order valence-electron chi connectivity index (χ2n) is 5.73. The van der Waals surface area contributed by atoms with Gasteiger partial charge in [-0.1, -0.05) is 44.2 Å². The summed E-state index contributed by atoms with van der Waals surface area (Å²) in [5.74, 6) is 3.48. The van der Waals surface area contributed by atoms with Crippen LogP contribution < -0.4 is 0 Å². The van der Waals surface area contributed by atoms with E-state index < -0.39 is 0 Å². The zero-order chi connectivity index (χ0) is 14.1. The zero-order valence-electron chi connectivity index (χ0n) is 12.2. The van der Waals surface area contributed by atoms with E-state index in [-0.39, 0.29) is 6.04 Å². The number of hydrogen-bond acceptors (Lipinski definition) is 3. The third-order valence-corrected chi connectivity index (χ3v) is 3.58. The molecule has 1 unspecified atom stereocenters. The Bertz CT molecular complexity index is 625. The molecule has 1 aromatic heterocycles. The average molecular weight is 268 g/mol. The van der Waals surface area contributed by atoms with Crippen LogP contribution >= 0.6 is 0 Å². The van der Waals surface area contributed by atoms with Gasteiger partial charge in [-0.15, -0.1) is 10.2 Å². The standard InChI is InChI=1S/C16H20N4/c1-11(2)16-19-18-15-9-12(3)17-14(20(15)16)10-13-7-5-4-6-8-13/h4-8,11-12H,9-10H2,1-3H3. The summed E-state index contributed by atoms with van der Waals surface area (Å²) in [5.41, 5.74) is 1.27. The molecule has 1 aliphatic rings. The molecule has 4 heteroatoms. The number of aromatic nitrogens is 3. The van der Waals surface area contributed by atoms with E-state index in [0.717, 1.165) is 30.3 Å². The number of aliphatic imine (C=N–C) groups is 1. The van der Waals surface area contributed by atoms with Crippen molar-refractivity contribution in [2.75, 3.05) is 0 Å². The molecule has 2 heterocycles. The molecule has 3 rings (SSSR count). The number of hydrogen-bond donors (Lipinski definition) is 0. The minimum atomic E-state index is 0.283. The van der Waals surface area contributed by atoms with Crippen LogP contribution in [0.15, 0.2) is 35.3 Å². The Morgan fingerprint density at radius 3 is 2.65 bits per heavy atom. The van der Waals surface area contributed by atoms with Crippen molar-refractivity contribution in [3.8, 4) is 0 Å². The highest BCUT2D eigenvalue weighted by molar-refractivity contribution is 5.88. The van der Waals surface area contributed by atoms with Gasteiger partial charge in [-0.25, -0.2) is 0 Å². The van der Waals surface area contributed by atoms with Crippen LogP contribution in [-0.4, -0.2) is 26.6 Å². The number of benzene rings is 1. The minimum Gasteiger partial charge on any atom is -0.270 e. The lowest BCUT2D eigenvalue weighted by molar-refractivity contribution is 0.647. The molecule has 1 atom stereocenters. The fourth-order valence-electron chi connectivity index (χ4n) is 2.64. The smallest absolute Gasteiger partial charge is 0.141 e. The Labute approximate surface area is 119 Å². The molecule has 0 saturated heterocycles. The van der Waals surface area contributed by atoms with Crippen molar-refractivity contribution in [3.63, 3.8) is 0 Å². The van der Waals surface area contributed by atoms with Crippen molar-refractivity contribution >= 4 is 5.84 Å². The molecule has 0 radical (unpaired) electrons. The van der Waals surface area contributed by atoms with E-state index in [2.05, 4.69) is 59.8 Å². The SMILES string of the molecule is CC1Cc2nnc(C(C)C)n2C(Cc2ccccc2)=N1. The molecule has 0 saturated carbocycles. The van der Waals surface area contributed by atoms with Gasteiger partial charge in [0.15, 0.2) is 0 Å². The van der Waals surface area contributed by atoms with E-state index in [0.29, 0.717) is 5.92 Å². The number of nitrogens with zero attached hydrogens (tertiary/aromatic N) is 4. The molecule has 4 nitrogen and oxygen atoms in total. The van der Waals surface area contributed by atoms with E-state index in [1.54, 1.807) is 0 Å². The molecule has 1 aliphatic heterocycles. The maximum atomic E-state index is 4.83. The Kier molecular flexibility index (Phi) is 3.38. The van der Waals surface area contributed by atoms with Gasteiger partial charge >= 0.3 is 0 Å². The first-order chi connectivity index (χ1) is 9.65. The molecule has 0 aliphatic carbocycles. The quantitative estimate of drug-likeness (QED) is 0.859. The maximum absolute atomic E-state index is 4.83. The number of fused-ring (bicyclic) bond motifs is 1. The summed E-state index contributed by atoms with van der Waals surface area (Å²) in [4.78, 5) is 4.83. The summed E-state index contributed by atoms with van der Waals surface area (Å²) < 4.78 is 2.16. The van der Waals surface area contributed by atoms with Crippen molar-refractivity contribution in [1.82, 2.24) is 14.8 Å². The van der Waals surface area contributed by atoms with Gasteiger partial charge in [-0.3, -0.25) is 9.56 Å². The summed E-state index contributed by atoms with van der Waals surface area (Å²) >= 11 is 0. The van der Waals surface area contributed by atoms with Crippen LogP contribution in [0.25, 0.3) is 0 Å². The third kappa shape index (κ3) is 2.38. The molecule has 0 fully saturated rings. The molecular weight excluding hydrogens is 248 g/mol. The highest BCUT2D eigenvalue weighted by Gasteiger charge is 2.24. The fourth-order valence-corrected chi connectivity index (χ4v) is 2.64. The minimum absolute atomic E-state index is 0.283. The maximum Gasteiger partial charge on any atom is 0.141 e. The normalized spacial score (nSPS) is 18.0. The van der Waals surface area contributed by atoms with Crippen LogP contribution in [0.5, 0.6) is 0 Å². The van der Waals surface area contributed by atoms with Crippen molar-refractivity contribution in [1.29, 1.82) is 0 Å². The first kappa shape index (κ1) is 13.0. The van der Waals surface area contributed by atoms with Gasteiger partial charge in [-0.2, -0.15) is 0 Å². The van der Waals surface area contributed by atoms with Crippen molar-refractivity contribution < 1.29 is 0 Å². The zero-order valence-corrected chi connectivity index (χ0v) is 12.2. The first-order valence-electron chi connectivity index (χ1n) is 7.20.